The van der Waals surface area contributed by atoms with Crippen LogP contribution in [-0.4, -0.2) is 33.3 Å². The molecule has 5 nitrogen and oxygen atoms in total. The predicted molar refractivity (Wildman–Crippen MR) is 90.7 cm³/mol. The van der Waals surface area contributed by atoms with Crippen LogP contribution < -0.4 is 14.8 Å². The van der Waals surface area contributed by atoms with E-state index in [0.29, 0.717) is 30.3 Å². The summed E-state index contributed by atoms with van der Waals surface area (Å²) in [6, 6.07) is 13.4. The van der Waals surface area contributed by atoms with Crippen LogP contribution in [0.2, 0.25) is 0 Å². The lowest BCUT2D eigenvalue weighted by Crippen LogP contribution is -2.59. The van der Waals surface area contributed by atoms with Crippen LogP contribution >= 0.6 is 0 Å². The van der Waals surface area contributed by atoms with Crippen molar-refractivity contribution in [2.75, 3.05) is 27.4 Å². The maximum Gasteiger partial charge on any atom is 0.252 e. The van der Waals surface area contributed by atoms with Crippen molar-refractivity contribution in [2.45, 2.75) is 12.5 Å². The normalized spacial score (nSPS) is 15.3. The fourth-order valence-corrected chi connectivity index (χ4v) is 2.99. The van der Waals surface area contributed by atoms with Crippen LogP contribution in [0.4, 0.5) is 0 Å². The van der Waals surface area contributed by atoms with Gasteiger partial charge in [-0.05, 0) is 24.6 Å². The highest BCUT2D eigenvalue weighted by molar-refractivity contribution is 5.97. The monoisotopic (exact) mass is 327 g/mol. The Balaban J connectivity index is 1.90. The molecule has 1 N–H and O–H groups in total. The minimum absolute atomic E-state index is 0.152. The molecule has 2 aromatic rings. The van der Waals surface area contributed by atoms with Gasteiger partial charge in [-0.2, -0.15) is 0 Å². The highest BCUT2D eigenvalue weighted by atomic mass is 16.5. The van der Waals surface area contributed by atoms with Gasteiger partial charge < -0.3 is 19.5 Å². The summed E-state index contributed by atoms with van der Waals surface area (Å²) in [5, 5.41) is 3.13. The Morgan fingerprint density at radius 2 is 1.79 bits per heavy atom. The zero-order valence-electron chi connectivity index (χ0n) is 14.1. The maximum atomic E-state index is 12.9. The average molecular weight is 327 g/mol. The molecule has 0 radical (unpaired) electrons. The molecular weight excluding hydrogens is 306 g/mol. The van der Waals surface area contributed by atoms with Gasteiger partial charge in [0.05, 0.1) is 27.4 Å². The van der Waals surface area contributed by atoms with E-state index >= 15 is 0 Å². The predicted octanol–water partition coefficient (Wildman–Crippen LogP) is 2.67. The van der Waals surface area contributed by atoms with Crippen molar-refractivity contribution in [1.82, 2.24) is 5.32 Å². The molecule has 0 aromatic heterocycles. The van der Waals surface area contributed by atoms with Crippen molar-refractivity contribution in [3.63, 3.8) is 0 Å². The number of ether oxygens (including phenoxy) is 3. The van der Waals surface area contributed by atoms with Gasteiger partial charge in [0.25, 0.3) is 5.91 Å². The molecule has 24 heavy (non-hydrogen) atoms. The minimum atomic E-state index is -0.474. The number of carbonyl (C=O) groups excluding carboxylic acids is 1. The molecule has 1 aliphatic heterocycles. The molecule has 1 fully saturated rings. The standard InChI is InChI=1S/C19H21NO4/c1-13-15(9-10-16(22-2)17(13)23-3)18(21)20-19(11-24-12-19)14-7-5-4-6-8-14/h4-10H,11-12H2,1-3H3,(H,20,21). The highest BCUT2D eigenvalue weighted by Gasteiger charge is 2.42. The van der Waals surface area contributed by atoms with Gasteiger partial charge in [0.2, 0.25) is 0 Å². The van der Waals surface area contributed by atoms with Gasteiger partial charge >= 0.3 is 0 Å². The first-order chi connectivity index (χ1) is 11.6. The SMILES string of the molecule is COc1ccc(C(=O)NC2(c3ccccc3)COC2)c(C)c1OC. The van der Waals surface area contributed by atoms with Crippen LogP contribution in [0.25, 0.3) is 0 Å². The van der Waals surface area contributed by atoms with Crippen LogP contribution in [-0.2, 0) is 10.3 Å². The van der Waals surface area contributed by atoms with Crippen LogP contribution in [0, 0.1) is 6.92 Å². The number of amides is 1. The lowest BCUT2D eigenvalue weighted by molar-refractivity contribution is -0.0734. The Kier molecular flexibility index (Phi) is 4.44. The molecule has 1 heterocycles. The van der Waals surface area contributed by atoms with Crippen molar-refractivity contribution in [3.05, 3.63) is 59.2 Å². The summed E-state index contributed by atoms with van der Waals surface area (Å²) in [7, 11) is 3.14. The maximum absolute atomic E-state index is 12.9. The Bertz CT molecular complexity index is 739. The van der Waals surface area contributed by atoms with Crippen LogP contribution in [0.3, 0.4) is 0 Å². The van der Waals surface area contributed by atoms with E-state index in [0.717, 1.165) is 11.1 Å². The van der Waals surface area contributed by atoms with E-state index < -0.39 is 5.54 Å². The molecule has 1 amide bonds. The van der Waals surface area contributed by atoms with Crippen molar-refractivity contribution in [3.8, 4) is 11.5 Å². The number of hydrogen-bond acceptors (Lipinski definition) is 4. The first-order valence-electron chi connectivity index (χ1n) is 7.78. The van der Waals surface area contributed by atoms with Crippen LogP contribution in [0.5, 0.6) is 11.5 Å². The van der Waals surface area contributed by atoms with Gasteiger partial charge in [-0.25, -0.2) is 0 Å². The Hall–Kier alpha value is -2.53. The van der Waals surface area contributed by atoms with E-state index in [1.807, 2.05) is 37.3 Å². The van der Waals surface area contributed by atoms with Gasteiger partial charge in [0, 0.05) is 11.1 Å². The van der Waals surface area contributed by atoms with Gasteiger partial charge in [-0.3, -0.25) is 4.79 Å². The Morgan fingerprint density at radius 1 is 1.08 bits per heavy atom. The summed E-state index contributed by atoms with van der Waals surface area (Å²) >= 11 is 0. The molecule has 3 rings (SSSR count). The average Bonchev–Trinajstić information content (AvgIpc) is 2.58. The number of carbonyl (C=O) groups is 1. The zero-order chi connectivity index (χ0) is 17.2. The van der Waals surface area contributed by atoms with Gasteiger partial charge in [-0.15, -0.1) is 0 Å². The first kappa shape index (κ1) is 16.3. The second-order valence-electron chi connectivity index (χ2n) is 5.87. The number of hydrogen-bond donors (Lipinski definition) is 1. The van der Waals surface area contributed by atoms with Crippen molar-refractivity contribution < 1.29 is 19.0 Å². The lowest BCUT2D eigenvalue weighted by Gasteiger charge is -2.42. The molecule has 2 aromatic carbocycles. The molecular formula is C19H21NO4. The quantitative estimate of drug-likeness (QED) is 0.917. The summed E-state index contributed by atoms with van der Waals surface area (Å²) in [6.07, 6.45) is 0. The third-order valence-electron chi connectivity index (χ3n) is 4.41. The van der Waals surface area contributed by atoms with E-state index in [-0.39, 0.29) is 5.91 Å². The number of nitrogens with one attached hydrogen (secondary N) is 1. The molecule has 1 saturated heterocycles. The number of benzene rings is 2. The second-order valence-corrected chi connectivity index (χ2v) is 5.87. The third kappa shape index (κ3) is 2.71. The van der Waals surface area contributed by atoms with Crippen molar-refractivity contribution in [1.29, 1.82) is 0 Å². The largest absolute Gasteiger partial charge is 0.493 e. The fourth-order valence-electron chi connectivity index (χ4n) is 2.99. The summed E-state index contributed by atoms with van der Waals surface area (Å²) in [5.74, 6) is 1.03. The molecule has 0 atom stereocenters. The van der Waals surface area contributed by atoms with Gasteiger partial charge in [-0.1, -0.05) is 30.3 Å². The van der Waals surface area contributed by atoms with E-state index in [1.165, 1.54) is 0 Å². The van der Waals surface area contributed by atoms with Gasteiger partial charge in [0.15, 0.2) is 11.5 Å². The molecule has 0 bridgehead atoms. The molecule has 0 unspecified atom stereocenters. The number of methoxy groups -OCH3 is 2. The van der Waals surface area contributed by atoms with E-state index in [2.05, 4.69) is 5.32 Å². The molecule has 0 aliphatic carbocycles. The fraction of sp³-hybridized carbons (Fsp3) is 0.316. The van der Waals surface area contributed by atoms with Gasteiger partial charge in [0.1, 0.15) is 5.54 Å². The summed E-state index contributed by atoms with van der Waals surface area (Å²) in [5.41, 5.74) is 1.88. The number of rotatable bonds is 5. The molecule has 0 spiro atoms. The highest BCUT2D eigenvalue weighted by Crippen LogP contribution is 2.34. The molecule has 5 heteroatoms. The topological polar surface area (TPSA) is 56.8 Å². The van der Waals surface area contributed by atoms with E-state index in [4.69, 9.17) is 14.2 Å². The molecule has 126 valence electrons. The minimum Gasteiger partial charge on any atom is -0.493 e. The van der Waals surface area contributed by atoms with Crippen molar-refractivity contribution in [2.24, 2.45) is 0 Å². The summed E-state index contributed by atoms with van der Waals surface area (Å²) in [6.45, 7) is 2.78. The first-order valence-corrected chi connectivity index (χ1v) is 7.78. The summed E-state index contributed by atoms with van der Waals surface area (Å²) < 4.78 is 16.0. The third-order valence-corrected chi connectivity index (χ3v) is 4.41. The Labute approximate surface area is 141 Å². The zero-order valence-corrected chi connectivity index (χ0v) is 14.1. The van der Waals surface area contributed by atoms with E-state index in [1.54, 1.807) is 26.4 Å². The lowest BCUT2D eigenvalue weighted by atomic mass is 9.87. The van der Waals surface area contributed by atoms with Crippen molar-refractivity contribution >= 4 is 5.91 Å². The van der Waals surface area contributed by atoms with E-state index in [9.17, 15) is 4.79 Å². The Morgan fingerprint density at radius 3 is 2.33 bits per heavy atom. The van der Waals surface area contributed by atoms with Crippen LogP contribution in [0.15, 0.2) is 42.5 Å². The second kappa shape index (κ2) is 6.53. The molecule has 0 saturated carbocycles. The smallest absolute Gasteiger partial charge is 0.252 e. The van der Waals surface area contributed by atoms with Crippen LogP contribution in [0.1, 0.15) is 21.5 Å². The molecule has 1 aliphatic rings. The summed E-state index contributed by atoms with van der Waals surface area (Å²) in [4.78, 5) is 12.9.